The van der Waals surface area contributed by atoms with E-state index < -0.39 is 17.0 Å². The molecule has 6 nitrogen and oxygen atoms in total. The van der Waals surface area contributed by atoms with Crippen LogP contribution < -0.4 is 5.56 Å². The van der Waals surface area contributed by atoms with Crippen molar-refractivity contribution in [1.29, 1.82) is 0 Å². The first-order chi connectivity index (χ1) is 13.9. The Hall–Kier alpha value is -3.03. The maximum absolute atomic E-state index is 14.0. The molecule has 2 aliphatic rings. The standard InChI is InChI=1S/C21H21F2N3O3/c22-16-4-1-3-15(18(16)23)12-25-9-2-7-21(20(25)29)8-10-26(13-21)19(28)14-5-6-17(27)24-11-14/h1,3-6,11H,2,7-10,12-13H2,(H,24,27)/t21-/m1/s1. The van der Waals surface area contributed by atoms with E-state index in [2.05, 4.69) is 4.98 Å². The number of likely N-dealkylation sites (tertiary alicyclic amines) is 2. The van der Waals surface area contributed by atoms with Gasteiger partial charge in [0, 0.05) is 44.0 Å². The van der Waals surface area contributed by atoms with Gasteiger partial charge in [0.15, 0.2) is 11.6 Å². The van der Waals surface area contributed by atoms with Crippen molar-refractivity contribution in [1.82, 2.24) is 14.8 Å². The summed E-state index contributed by atoms with van der Waals surface area (Å²) in [5.41, 5.74) is -0.472. The summed E-state index contributed by atoms with van der Waals surface area (Å²) in [5, 5.41) is 0. The van der Waals surface area contributed by atoms with E-state index in [4.69, 9.17) is 0 Å². The van der Waals surface area contributed by atoms with Gasteiger partial charge in [-0.1, -0.05) is 12.1 Å². The second-order valence-electron chi connectivity index (χ2n) is 7.74. The lowest BCUT2D eigenvalue weighted by Crippen LogP contribution is -2.50. The molecule has 2 aliphatic heterocycles. The minimum Gasteiger partial charge on any atom is -0.338 e. The van der Waals surface area contributed by atoms with Crippen LogP contribution in [0.2, 0.25) is 0 Å². The molecule has 2 fully saturated rings. The number of amides is 2. The summed E-state index contributed by atoms with van der Waals surface area (Å²) < 4.78 is 27.6. The van der Waals surface area contributed by atoms with Gasteiger partial charge in [-0.25, -0.2) is 8.78 Å². The number of nitrogens with zero attached hydrogens (tertiary/aromatic N) is 2. The first-order valence-corrected chi connectivity index (χ1v) is 9.60. The molecule has 2 aromatic rings. The van der Waals surface area contributed by atoms with Gasteiger partial charge in [0.25, 0.3) is 5.91 Å². The molecule has 1 N–H and O–H groups in total. The van der Waals surface area contributed by atoms with Crippen LogP contribution in [0.15, 0.2) is 41.3 Å². The molecule has 1 atom stereocenters. The van der Waals surface area contributed by atoms with Crippen molar-refractivity contribution in [2.45, 2.75) is 25.8 Å². The van der Waals surface area contributed by atoms with Crippen molar-refractivity contribution in [2.24, 2.45) is 5.41 Å². The Kier molecular flexibility index (Phi) is 4.94. The van der Waals surface area contributed by atoms with Gasteiger partial charge in [0.1, 0.15) is 0 Å². The maximum Gasteiger partial charge on any atom is 0.255 e. The highest BCUT2D eigenvalue weighted by molar-refractivity contribution is 5.95. The number of hydrogen-bond donors (Lipinski definition) is 1. The van der Waals surface area contributed by atoms with E-state index in [0.717, 1.165) is 12.5 Å². The number of carbonyl (C=O) groups excluding carboxylic acids is 2. The minimum atomic E-state index is -0.930. The van der Waals surface area contributed by atoms with Gasteiger partial charge in [0.2, 0.25) is 11.5 Å². The second-order valence-corrected chi connectivity index (χ2v) is 7.74. The van der Waals surface area contributed by atoms with Crippen LogP contribution in [0.25, 0.3) is 0 Å². The van der Waals surface area contributed by atoms with E-state index in [1.54, 1.807) is 9.80 Å². The van der Waals surface area contributed by atoms with Crippen molar-refractivity contribution < 1.29 is 18.4 Å². The highest BCUT2D eigenvalue weighted by Crippen LogP contribution is 2.41. The molecule has 0 aliphatic carbocycles. The third-order valence-corrected chi connectivity index (χ3v) is 5.89. The third kappa shape index (κ3) is 3.54. The Morgan fingerprint density at radius 1 is 1.10 bits per heavy atom. The van der Waals surface area contributed by atoms with E-state index in [1.165, 1.54) is 30.5 Å². The van der Waals surface area contributed by atoms with Crippen LogP contribution >= 0.6 is 0 Å². The van der Waals surface area contributed by atoms with Crippen LogP contribution in [0.5, 0.6) is 0 Å². The lowest BCUT2D eigenvalue weighted by atomic mass is 9.78. The zero-order valence-corrected chi connectivity index (χ0v) is 15.8. The molecule has 0 radical (unpaired) electrons. The summed E-state index contributed by atoms with van der Waals surface area (Å²) in [5.74, 6) is -2.22. The topological polar surface area (TPSA) is 73.5 Å². The average Bonchev–Trinajstić information content (AvgIpc) is 3.14. The number of hydrogen-bond acceptors (Lipinski definition) is 3. The van der Waals surface area contributed by atoms with Crippen molar-refractivity contribution in [3.63, 3.8) is 0 Å². The number of carbonyl (C=O) groups is 2. The predicted octanol–water partition coefficient (Wildman–Crippen LogP) is 2.31. The molecule has 3 heterocycles. The van der Waals surface area contributed by atoms with Gasteiger partial charge in [-0.15, -0.1) is 0 Å². The molecule has 1 aromatic carbocycles. The zero-order valence-electron chi connectivity index (χ0n) is 15.8. The molecule has 4 rings (SSSR count). The number of rotatable bonds is 3. The molecule has 0 unspecified atom stereocenters. The highest BCUT2D eigenvalue weighted by Gasteiger charge is 2.49. The van der Waals surface area contributed by atoms with E-state index in [0.29, 0.717) is 31.5 Å². The number of benzene rings is 1. The van der Waals surface area contributed by atoms with E-state index in [9.17, 15) is 23.2 Å². The van der Waals surface area contributed by atoms with E-state index in [-0.39, 0.29) is 36.0 Å². The Bertz CT molecular complexity index is 1000. The Balaban J connectivity index is 1.50. The summed E-state index contributed by atoms with van der Waals surface area (Å²) in [6, 6.07) is 6.72. The van der Waals surface area contributed by atoms with Gasteiger partial charge in [-0.3, -0.25) is 14.4 Å². The molecule has 0 bridgehead atoms. The van der Waals surface area contributed by atoms with Gasteiger partial charge in [-0.2, -0.15) is 0 Å². The fourth-order valence-corrected chi connectivity index (χ4v) is 4.33. The largest absolute Gasteiger partial charge is 0.338 e. The lowest BCUT2D eigenvalue weighted by Gasteiger charge is -2.39. The number of halogens is 2. The Morgan fingerprint density at radius 3 is 2.69 bits per heavy atom. The Morgan fingerprint density at radius 2 is 1.93 bits per heavy atom. The van der Waals surface area contributed by atoms with Crippen molar-refractivity contribution in [3.05, 3.63) is 69.6 Å². The van der Waals surface area contributed by atoms with Crippen molar-refractivity contribution in [3.8, 4) is 0 Å². The molecule has 0 saturated carbocycles. The van der Waals surface area contributed by atoms with Crippen LogP contribution in [0.4, 0.5) is 8.78 Å². The molecule has 2 amide bonds. The highest BCUT2D eigenvalue weighted by atomic mass is 19.2. The molecule has 152 valence electrons. The summed E-state index contributed by atoms with van der Waals surface area (Å²) >= 11 is 0. The SMILES string of the molecule is O=C(c1ccc(=O)[nH]c1)N1CC[C@]2(CCCN(Cc3cccc(F)c3F)C2=O)C1. The average molecular weight is 401 g/mol. The van der Waals surface area contributed by atoms with Gasteiger partial charge in [-0.05, 0) is 31.4 Å². The number of aromatic amines is 1. The summed E-state index contributed by atoms with van der Waals surface area (Å²) in [4.78, 5) is 42.8. The minimum absolute atomic E-state index is 0.0119. The predicted molar refractivity (Wildman–Crippen MR) is 101 cm³/mol. The van der Waals surface area contributed by atoms with Crippen LogP contribution in [0.1, 0.15) is 35.2 Å². The number of aromatic nitrogens is 1. The normalized spacial score (nSPS) is 21.8. The Labute approximate surface area is 166 Å². The molecule has 2 saturated heterocycles. The first kappa shape index (κ1) is 19.3. The van der Waals surface area contributed by atoms with Gasteiger partial charge < -0.3 is 14.8 Å². The van der Waals surface area contributed by atoms with Crippen molar-refractivity contribution >= 4 is 11.8 Å². The molecule has 1 spiro atoms. The molecule has 29 heavy (non-hydrogen) atoms. The molecular weight excluding hydrogens is 380 g/mol. The quantitative estimate of drug-likeness (QED) is 0.858. The van der Waals surface area contributed by atoms with Crippen LogP contribution in [-0.2, 0) is 11.3 Å². The summed E-state index contributed by atoms with van der Waals surface area (Å²) in [6.45, 7) is 1.21. The second kappa shape index (κ2) is 7.42. The van der Waals surface area contributed by atoms with Crippen molar-refractivity contribution in [2.75, 3.05) is 19.6 Å². The smallest absolute Gasteiger partial charge is 0.255 e. The summed E-state index contributed by atoms with van der Waals surface area (Å²) in [6.07, 6.45) is 3.30. The zero-order chi connectivity index (χ0) is 20.6. The van der Waals surface area contributed by atoms with Crippen LogP contribution in [0.3, 0.4) is 0 Å². The molecule has 1 aromatic heterocycles. The first-order valence-electron chi connectivity index (χ1n) is 9.60. The maximum atomic E-state index is 14.0. The monoisotopic (exact) mass is 401 g/mol. The van der Waals surface area contributed by atoms with Crippen LogP contribution in [-0.4, -0.2) is 46.2 Å². The number of H-pyrrole nitrogens is 1. The lowest BCUT2D eigenvalue weighted by molar-refractivity contribution is -0.146. The number of pyridine rings is 1. The number of piperidine rings is 1. The van der Waals surface area contributed by atoms with Crippen LogP contribution in [0, 0.1) is 17.0 Å². The number of nitrogens with one attached hydrogen (secondary N) is 1. The third-order valence-electron chi connectivity index (χ3n) is 5.89. The van der Waals surface area contributed by atoms with Gasteiger partial charge in [0.05, 0.1) is 11.0 Å². The van der Waals surface area contributed by atoms with E-state index in [1.807, 2.05) is 0 Å². The fraction of sp³-hybridized carbons (Fsp3) is 0.381. The molecule has 8 heteroatoms. The van der Waals surface area contributed by atoms with Gasteiger partial charge >= 0.3 is 0 Å². The fourth-order valence-electron chi connectivity index (χ4n) is 4.33. The van der Waals surface area contributed by atoms with E-state index >= 15 is 0 Å². The summed E-state index contributed by atoms with van der Waals surface area (Å²) in [7, 11) is 0. The molecular formula is C21H21F2N3O3.